The van der Waals surface area contributed by atoms with Crippen LogP contribution >= 0.6 is 11.6 Å². The predicted molar refractivity (Wildman–Crippen MR) is 58.4 cm³/mol. The number of hydrogen-bond acceptors (Lipinski definition) is 4. The van der Waals surface area contributed by atoms with E-state index in [4.69, 9.17) is 16.3 Å². The second kappa shape index (κ2) is 3.99. The molecule has 2 aromatic heterocycles. The molecule has 0 bridgehead atoms. The lowest BCUT2D eigenvalue weighted by Gasteiger charge is -2.05. The van der Waals surface area contributed by atoms with E-state index in [9.17, 15) is 0 Å². The molecular formula is C10H11ClN4O. The Kier molecular flexibility index (Phi) is 2.49. The summed E-state index contributed by atoms with van der Waals surface area (Å²) in [5, 5.41) is 8.58. The van der Waals surface area contributed by atoms with Crippen LogP contribution in [0.1, 0.15) is 12.2 Å². The van der Waals surface area contributed by atoms with Crippen LogP contribution in [0.3, 0.4) is 0 Å². The molecule has 1 unspecified atom stereocenters. The van der Waals surface area contributed by atoms with Crippen molar-refractivity contribution in [3.63, 3.8) is 0 Å². The van der Waals surface area contributed by atoms with Crippen LogP contribution in [0.15, 0.2) is 12.4 Å². The monoisotopic (exact) mass is 238 g/mol. The lowest BCUT2D eigenvalue weighted by Crippen LogP contribution is -2.07. The lowest BCUT2D eigenvalue weighted by molar-refractivity contribution is 0.185. The van der Waals surface area contributed by atoms with Crippen molar-refractivity contribution in [2.24, 2.45) is 5.92 Å². The summed E-state index contributed by atoms with van der Waals surface area (Å²) in [6, 6.07) is 0. The molecule has 0 aromatic carbocycles. The Morgan fingerprint density at radius 3 is 3.25 bits per heavy atom. The van der Waals surface area contributed by atoms with Gasteiger partial charge in [0.2, 0.25) is 0 Å². The van der Waals surface area contributed by atoms with E-state index in [1.165, 1.54) is 0 Å². The quantitative estimate of drug-likeness (QED) is 0.793. The number of fused-ring (bicyclic) bond motifs is 1. The van der Waals surface area contributed by atoms with Crippen LogP contribution in [0.4, 0.5) is 0 Å². The molecule has 0 amide bonds. The molecule has 84 valence electrons. The number of halogens is 1. The van der Waals surface area contributed by atoms with Gasteiger partial charge in [-0.05, 0) is 12.3 Å². The standard InChI is InChI=1S/C10H11ClN4O/c11-9-10-14-13-8(15(10)3-2-12-9)5-7-1-4-16-6-7/h2-3,7H,1,4-6H2. The van der Waals surface area contributed by atoms with E-state index in [0.29, 0.717) is 16.7 Å². The highest BCUT2D eigenvalue weighted by molar-refractivity contribution is 6.32. The Bertz CT molecular complexity index is 506. The fourth-order valence-corrected chi connectivity index (χ4v) is 2.17. The molecule has 1 saturated heterocycles. The van der Waals surface area contributed by atoms with E-state index in [2.05, 4.69) is 15.2 Å². The third kappa shape index (κ3) is 1.66. The summed E-state index contributed by atoms with van der Waals surface area (Å²) >= 11 is 5.93. The van der Waals surface area contributed by atoms with Crippen LogP contribution < -0.4 is 0 Å². The van der Waals surface area contributed by atoms with Crippen LogP contribution in [0.2, 0.25) is 5.15 Å². The van der Waals surface area contributed by atoms with Crippen molar-refractivity contribution < 1.29 is 4.74 Å². The maximum absolute atomic E-state index is 5.93. The molecule has 0 spiro atoms. The summed E-state index contributed by atoms with van der Waals surface area (Å²) in [5.41, 5.74) is 0.623. The van der Waals surface area contributed by atoms with Gasteiger partial charge in [0.05, 0.1) is 0 Å². The molecule has 0 aliphatic carbocycles. The number of aromatic nitrogens is 4. The predicted octanol–water partition coefficient (Wildman–Crippen LogP) is 1.36. The van der Waals surface area contributed by atoms with Gasteiger partial charge in [-0.25, -0.2) is 4.98 Å². The molecule has 3 heterocycles. The maximum atomic E-state index is 5.93. The van der Waals surface area contributed by atoms with E-state index in [-0.39, 0.29) is 0 Å². The van der Waals surface area contributed by atoms with Crippen molar-refractivity contribution in [3.8, 4) is 0 Å². The van der Waals surface area contributed by atoms with Crippen molar-refractivity contribution >= 4 is 17.2 Å². The van der Waals surface area contributed by atoms with Crippen LogP contribution in [0, 0.1) is 5.92 Å². The highest BCUT2D eigenvalue weighted by atomic mass is 35.5. The van der Waals surface area contributed by atoms with Crippen molar-refractivity contribution in [3.05, 3.63) is 23.4 Å². The summed E-state index contributed by atoms with van der Waals surface area (Å²) in [7, 11) is 0. The van der Waals surface area contributed by atoms with Gasteiger partial charge in [0.25, 0.3) is 0 Å². The Morgan fingerprint density at radius 2 is 2.44 bits per heavy atom. The van der Waals surface area contributed by atoms with Gasteiger partial charge in [0, 0.05) is 32.0 Å². The Balaban J connectivity index is 1.94. The van der Waals surface area contributed by atoms with Gasteiger partial charge in [0.15, 0.2) is 10.8 Å². The first-order valence-corrected chi connectivity index (χ1v) is 5.64. The minimum atomic E-state index is 0.393. The molecule has 1 aliphatic heterocycles. The molecular weight excluding hydrogens is 228 g/mol. The van der Waals surface area contributed by atoms with Gasteiger partial charge in [-0.1, -0.05) is 11.6 Å². The van der Waals surface area contributed by atoms with Gasteiger partial charge in [0.1, 0.15) is 5.82 Å². The van der Waals surface area contributed by atoms with Gasteiger partial charge < -0.3 is 4.74 Å². The topological polar surface area (TPSA) is 52.3 Å². The first kappa shape index (κ1) is 9.99. The number of ether oxygens (including phenoxy) is 1. The highest BCUT2D eigenvalue weighted by Crippen LogP contribution is 2.19. The number of hydrogen-bond donors (Lipinski definition) is 0. The minimum absolute atomic E-state index is 0.393. The van der Waals surface area contributed by atoms with Crippen molar-refractivity contribution in [2.75, 3.05) is 13.2 Å². The van der Waals surface area contributed by atoms with E-state index in [1.807, 2.05) is 10.6 Å². The fraction of sp³-hybridized carbons (Fsp3) is 0.500. The Hall–Kier alpha value is -1.20. The normalized spacial score (nSPS) is 20.7. The summed E-state index contributed by atoms with van der Waals surface area (Å²) in [6.07, 6.45) is 5.47. The first-order valence-electron chi connectivity index (χ1n) is 5.26. The summed E-state index contributed by atoms with van der Waals surface area (Å²) in [6.45, 7) is 1.66. The van der Waals surface area contributed by atoms with Gasteiger partial charge in [-0.15, -0.1) is 10.2 Å². The Morgan fingerprint density at radius 1 is 1.50 bits per heavy atom. The number of nitrogens with zero attached hydrogens (tertiary/aromatic N) is 4. The SMILES string of the molecule is Clc1nccn2c(CC3CCOC3)nnc12. The van der Waals surface area contributed by atoms with Crippen LogP contribution in [-0.2, 0) is 11.2 Å². The zero-order chi connectivity index (χ0) is 11.0. The minimum Gasteiger partial charge on any atom is -0.381 e. The summed E-state index contributed by atoms with van der Waals surface area (Å²) in [4.78, 5) is 3.97. The number of rotatable bonds is 2. The molecule has 1 fully saturated rings. The van der Waals surface area contributed by atoms with Gasteiger partial charge >= 0.3 is 0 Å². The molecule has 3 rings (SSSR count). The first-order chi connectivity index (χ1) is 7.84. The molecule has 16 heavy (non-hydrogen) atoms. The average molecular weight is 239 g/mol. The van der Waals surface area contributed by atoms with Crippen LogP contribution in [-0.4, -0.2) is 32.8 Å². The maximum Gasteiger partial charge on any atom is 0.198 e. The van der Waals surface area contributed by atoms with Crippen molar-refractivity contribution in [1.82, 2.24) is 19.6 Å². The van der Waals surface area contributed by atoms with Crippen molar-refractivity contribution in [1.29, 1.82) is 0 Å². The van der Waals surface area contributed by atoms with Crippen molar-refractivity contribution in [2.45, 2.75) is 12.8 Å². The molecule has 0 radical (unpaired) electrons. The van der Waals surface area contributed by atoms with E-state index in [0.717, 1.165) is 31.9 Å². The third-order valence-corrected chi connectivity index (χ3v) is 3.12. The summed E-state index contributed by atoms with van der Waals surface area (Å²) < 4.78 is 7.24. The molecule has 1 atom stereocenters. The summed E-state index contributed by atoms with van der Waals surface area (Å²) in [5.74, 6) is 1.47. The van der Waals surface area contributed by atoms with Crippen LogP contribution in [0.5, 0.6) is 0 Å². The molecule has 5 nitrogen and oxygen atoms in total. The smallest absolute Gasteiger partial charge is 0.198 e. The van der Waals surface area contributed by atoms with E-state index >= 15 is 0 Å². The molecule has 6 heteroatoms. The second-order valence-corrected chi connectivity index (χ2v) is 4.32. The van der Waals surface area contributed by atoms with Crippen LogP contribution in [0.25, 0.3) is 5.65 Å². The third-order valence-electron chi connectivity index (χ3n) is 2.85. The Labute approximate surface area is 97.4 Å². The molecule has 2 aromatic rings. The van der Waals surface area contributed by atoms with E-state index in [1.54, 1.807) is 6.20 Å². The zero-order valence-corrected chi connectivity index (χ0v) is 9.39. The molecule has 0 saturated carbocycles. The van der Waals surface area contributed by atoms with Gasteiger partial charge in [-0.2, -0.15) is 0 Å². The average Bonchev–Trinajstić information content (AvgIpc) is 2.90. The highest BCUT2D eigenvalue weighted by Gasteiger charge is 2.19. The largest absolute Gasteiger partial charge is 0.381 e. The van der Waals surface area contributed by atoms with Gasteiger partial charge in [-0.3, -0.25) is 4.40 Å². The zero-order valence-electron chi connectivity index (χ0n) is 8.64. The lowest BCUT2D eigenvalue weighted by atomic mass is 10.1. The van der Waals surface area contributed by atoms with E-state index < -0.39 is 0 Å². The molecule has 1 aliphatic rings. The fourth-order valence-electron chi connectivity index (χ4n) is 1.99. The second-order valence-electron chi connectivity index (χ2n) is 3.96. The molecule has 0 N–H and O–H groups in total.